The van der Waals surface area contributed by atoms with Crippen molar-refractivity contribution in [2.75, 3.05) is 11.8 Å². The van der Waals surface area contributed by atoms with Crippen LogP contribution in [0.2, 0.25) is 0 Å². The molecule has 0 aliphatic heterocycles. The highest BCUT2D eigenvalue weighted by Gasteiger charge is 2.29. The summed E-state index contributed by atoms with van der Waals surface area (Å²) in [5.41, 5.74) is 0.593. The molecule has 0 aliphatic carbocycles. The number of methoxy groups -OCH3 is 1. The number of carboxylic acid groups (broad SMARTS) is 1. The molecule has 1 unspecified atom stereocenters. The summed E-state index contributed by atoms with van der Waals surface area (Å²) < 4.78 is 30.5. The molecule has 1 rings (SSSR count). The number of benzene rings is 1. The van der Waals surface area contributed by atoms with Crippen molar-refractivity contribution in [3.05, 3.63) is 29.3 Å². The summed E-state index contributed by atoms with van der Waals surface area (Å²) in [6, 6.07) is 4.03. The molecule has 0 aliphatic rings. The van der Waals surface area contributed by atoms with Crippen LogP contribution in [-0.2, 0) is 19.6 Å². The van der Waals surface area contributed by atoms with Gasteiger partial charge in [-0.25, -0.2) is 13.2 Å². The van der Waals surface area contributed by atoms with Gasteiger partial charge in [-0.3, -0.25) is 9.52 Å². The Morgan fingerprint density at radius 1 is 1.35 bits per heavy atom. The van der Waals surface area contributed by atoms with Gasteiger partial charge in [-0.05, 0) is 31.5 Å². The van der Waals surface area contributed by atoms with Gasteiger partial charge in [0.05, 0.1) is 18.4 Å². The van der Waals surface area contributed by atoms with Crippen LogP contribution < -0.4 is 4.72 Å². The first kappa shape index (κ1) is 16.0. The van der Waals surface area contributed by atoms with Gasteiger partial charge in [0.2, 0.25) is 10.0 Å². The Kier molecular flexibility index (Phi) is 4.72. The number of ether oxygens (including phenoxy) is 1. The van der Waals surface area contributed by atoms with E-state index in [2.05, 4.69) is 9.46 Å². The maximum absolute atomic E-state index is 12.0. The van der Waals surface area contributed by atoms with Gasteiger partial charge >= 0.3 is 11.9 Å². The van der Waals surface area contributed by atoms with Crippen molar-refractivity contribution >= 4 is 27.6 Å². The minimum Gasteiger partial charge on any atom is -0.478 e. The standard InChI is InChI=1S/C12H15NO6S/c1-7-4-5-9(11(14)15)6-10(7)13-20(17,18)8(2)12(16)19-3/h4-6,8,13H,1-3H3,(H,14,15). The molecule has 0 saturated carbocycles. The van der Waals surface area contributed by atoms with E-state index in [9.17, 15) is 18.0 Å². The van der Waals surface area contributed by atoms with Crippen LogP contribution in [0.5, 0.6) is 0 Å². The second kappa shape index (κ2) is 5.91. The monoisotopic (exact) mass is 301 g/mol. The molecule has 0 aromatic heterocycles. The van der Waals surface area contributed by atoms with Crippen molar-refractivity contribution in [1.82, 2.24) is 0 Å². The van der Waals surface area contributed by atoms with E-state index in [4.69, 9.17) is 5.11 Å². The average molecular weight is 301 g/mol. The topological polar surface area (TPSA) is 110 Å². The van der Waals surface area contributed by atoms with Crippen molar-refractivity contribution in [3.63, 3.8) is 0 Å². The van der Waals surface area contributed by atoms with Gasteiger partial charge in [-0.1, -0.05) is 6.07 Å². The van der Waals surface area contributed by atoms with Gasteiger partial charge in [-0.2, -0.15) is 0 Å². The molecule has 20 heavy (non-hydrogen) atoms. The third-order valence-corrected chi connectivity index (χ3v) is 4.36. The molecule has 1 aromatic carbocycles. The lowest BCUT2D eigenvalue weighted by atomic mass is 10.1. The summed E-state index contributed by atoms with van der Waals surface area (Å²) >= 11 is 0. The van der Waals surface area contributed by atoms with Crippen LogP contribution in [0.15, 0.2) is 18.2 Å². The van der Waals surface area contributed by atoms with Crippen molar-refractivity contribution < 1.29 is 27.9 Å². The van der Waals surface area contributed by atoms with E-state index in [1.807, 2.05) is 0 Å². The lowest BCUT2D eigenvalue weighted by molar-refractivity contribution is -0.139. The summed E-state index contributed by atoms with van der Waals surface area (Å²) in [5, 5.41) is 7.48. The molecule has 1 aromatic rings. The summed E-state index contributed by atoms with van der Waals surface area (Å²) in [7, 11) is -2.92. The molecule has 110 valence electrons. The Hall–Kier alpha value is -2.09. The van der Waals surface area contributed by atoms with Crippen LogP contribution in [0, 0.1) is 6.92 Å². The fraction of sp³-hybridized carbons (Fsp3) is 0.333. The van der Waals surface area contributed by atoms with Gasteiger partial charge in [0.25, 0.3) is 0 Å². The first-order valence-corrected chi connectivity index (χ1v) is 7.17. The van der Waals surface area contributed by atoms with Gasteiger partial charge in [0.1, 0.15) is 0 Å². The number of aromatic carboxylic acids is 1. The summed E-state index contributed by atoms with van der Waals surface area (Å²) in [6.07, 6.45) is 0. The van der Waals surface area contributed by atoms with Gasteiger partial charge < -0.3 is 9.84 Å². The molecule has 8 heteroatoms. The molecule has 0 bridgehead atoms. The van der Waals surface area contributed by atoms with E-state index < -0.39 is 27.2 Å². The van der Waals surface area contributed by atoms with E-state index >= 15 is 0 Å². The number of hydrogen-bond acceptors (Lipinski definition) is 5. The highest BCUT2D eigenvalue weighted by Crippen LogP contribution is 2.20. The van der Waals surface area contributed by atoms with E-state index in [-0.39, 0.29) is 11.3 Å². The van der Waals surface area contributed by atoms with Crippen LogP contribution in [-0.4, -0.2) is 37.8 Å². The van der Waals surface area contributed by atoms with E-state index in [0.717, 1.165) is 7.11 Å². The Bertz CT molecular complexity index is 637. The Labute approximate surface area is 116 Å². The molecule has 0 spiro atoms. The SMILES string of the molecule is COC(=O)C(C)S(=O)(=O)Nc1cc(C(=O)O)ccc1C. The Balaban J connectivity index is 3.12. The first-order chi connectivity index (χ1) is 9.19. The Morgan fingerprint density at radius 2 is 1.95 bits per heavy atom. The second-order valence-electron chi connectivity index (χ2n) is 4.15. The zero-order chi connectivity index (χ0) is 15.5. The van der Waals surface area contributed by atoms with Crippen LogP contribution in [0.3, 0.4) is 0 Å². The van der Waals surface area contributed by atoms with Crippen molar-refractivity contribution in [2.24, 2.45) is 0 Å². The molecule has 2 N–H and O–H groups in total. The second-order valence-corrected chi connectivity index (χ2v) is 6.15. The predicted octanol–water partition coefficient (Wildman–Crippen LogP) is 0.996. The fourth-order valence-corrected chi connectivity index (χ4v) is 2.45. The molecule has 0 fully saturated rings. The van der Waals surface area contributed by atoms with Crippen LogP contribution in [0.25, 0.3) is 0 Å². The number of aryl methyl sites for hydroxylation is 1. The molecule has 0 amide bonds. The summed E-state index contributed by atoms with van der Waals surface area (Å²) in [5.74, 6) is -2.07. The highest BCUT2D eigenvalue weighted by atomic mass is 32.2. The minimum absolute atomic E-state index is 0.0565. The lowest BCUT2D eigenvalue weighted by Gasteiger charge is -2.14. The number of esters is 1. The van der Waals surface area contributed by atoms with E-state index in [1.54, 1.807) is 6.92 Å². The van der Waals surface area contributed by atoms with Crippen LogP contribution >= 0.6 is 0 Å². The van der Waals surface area contributed by atoms with Gasteiger partial charge in [-0.15, -0.1) is 0 Å². The molecule has 1 atom stereocenters. The first-order valence-electron chi connectivity index (χ1n) is 5.62. The van der Waals surface area contributed by atoms with E-state index in [1.165, 1.54) is 25.1 Å². The van der Waals surface area contributed by atoms with Gasteiger partial charge in [0.15, 0.2) is 5.25 Å². The predicted molar refractivity (Wildman–Crippen MR) is 72.2 cm³/mol. The molecule has 0 heterocycles. The molecular formula is C12H15NO6S. The quantitative estimate of drug-likeness (QED) is 0.785. The molecular weight excluding hydrogens is 286 g/mol. The third kappa shape index (κ3) is 3.47. The Morgan fingerprint density at radius 3 is 2.45 bits per heavy atom. The molecule has 0 radical (unpaired) electrons. The van der Waals surface area contributed by atoms with E-state index in [0.29, 0.717) is 5.56 Å². The molecule has 7 nitrogen and oxygen atoms in total. The molecule has 0 saturated heterocycles. The van der Waals surface area contributed by atoms with Crippen molar-refractivity contribution in [3.8, 4) is 0 Å². The minimum atomic E-state index is -4.01. The number of sulfonamides is 1. The smallest absolute Gasteiger partial charge is 0.335 e. The largest absolute Gasteiger partial charge is 0.478 e. The van der Waals surface area contributed by atoms with Crippen LogP contribution in [0.4, 0.5) is 5.69 Å². The maximum atomic E-state index is 12.0. The third-order valence-electron chi connectivity index (χ3n) is 2.74. The zero-order valence-electron chi connectivity index (χ0n) is 11.2. The number of carboxylic acids is 1. The number of hydrogen-bond donors (Lipinski definition) is 2. The summed E-state index contributed by atoms with van der Waals surface area (Å²) in [6.45, 7) is 2.80. The zero-order valence-corrected chi connectivity index (χ0v) is 12.0. The van der Waals surface area contributed by atoms with Crippen molar-refractivity contribution in [1.29, 1.82) is 0 Å². The number of nitrogens with one attached hydrogen (secondary N) is 1. The highest BCUT2D eigenvalue weighted by molar-refractivity contribution is 7.94. The van der Waals surface area contributed by atoms with Crippen molar-refractivity contribution in [2.45, 2.75) is 19.1 Å². The number of carbonyl (C=O) groups excluding carboxylic acids is 1. The number of rotatable bonds is 5. The fourth-order valence-electron chi connectivity index (χ4n) is 1.40. The lowest BCUT2D eigenvalue weighted by Crippen LogP contribution is -2.33. The number of carbonyl (C=O) groups is 2. The number of anilines is 1. The summed E-state index contributed by atoms with van der Waals surface area (Å²) in [4.78, 5) is 22.1. The normalized spacial score (nSPS) is 12.6. The van der Waals surface area contributed by atoms with Gasteiger partial charge in [0, 0.05) is 0 Å². The van der Waals surface area contributed by atoms with Crippen LogP contribution in [0.1, 0.15) is 22.8 Å². The maximum Gasteiger partial charge on any atom is 0.335 e. The average Bonchev–Trinajstić information content (AvgIpc) is 2.38.